The van der Waals surface area contributed by atoms with Crippen molar-refractivity contribution in [2.45, 2.75) is 37.8 Å². The first-order valence-electron chi connectivity index (χ1n) is 8.69. The van der Waals surface area contributed by atoms with Gasteiger partial charge in [0, 0.05) is 16.8 Å². The molecule has 0 spiro atoms. The Hall–Kier alpha value is -2.82. The van der Waals surface area contributed by atoms with Crippen LogP contribution < -0.4 is 10.7 Å². The van der Waals surface area contributed by atoms with Gasteiger partial charge in [-0.1, -0.05) is 37.1 Å². The van der Waals surface area contributed by atoms with Gasteiger partial charge in [-0.2, -0.15) is 0 Å². The third-order valence-corrected chi connectivity index (χ3v) is 5.46. The molecule has 126 valence electrons. The second-order valence-corrected chi connectivity index (χ2v) is 6.93. The van der Waals surface area contributed by atoms with Gasteiger partial charge in [-0.25, -0.2) is 0 Å². The second-order valence-electron chi connectivity index (χ2n) is 6.93. The van der Waals surface area contributed by atoms with Crippen molar-refractivity contribution in [3.8, 4) is 17.2 Å². The van der Waals surface area contributed by atoms with Crippen LogP contribution in [0.1, 0.15) is 25.7 Å². The van der Waals surface area contributed by atoms with Gasteiger partial charge in [0.2, 0.25) is 0 Å². The molecular weight excluding hydrogens is 316 g/mol. The first kappa shape index (κ1) is 14.5. The van der Waals surface area contributed by atoms with Gasteiger partial charge in [-0.3, -0.25) is 9.98 Å². The first-order chi connectivity index (χ1) is 12.1. The predicted octanol–water partition coefficient (Wildman–Crippen LogP) is 2.67. The molecule has 0 saturated heterocycles. The predicted molar refractivity (Wildman–Crippen MR) is 94.8 cm³/mol. The molecule has 5 heteroatoms. The van der Waals surface area contributed by atoms with Crippen molar-refractivity contribution in [1.29, 1.82) is 0 Å². The summed E-state index contributed by atoms with van der Waals surface area (Å²) < 4.78 is 0. The van der Waals surface area contributed by atoms with Crippen molar-refractivity contribution >= 4 is 21.5 Å². The highest BCUT2D eigenvalue weighted by Crippen LogP contribution is 2.43. The summed E-state index contributed by atoms with van der Waals surface area (Å²) in [5.74, 6) is -0.0889. The summed E-state index contributed by atoms with van der Waals surface area (Å²) in [7, 11) is 0. The molecule has 1 aliphatic heterocycles. The van der Waals surface area contributed by atoms with Crippen molar-refractivity contribution in [2.75, 3.05) is 0 Å². The smallest absolute Gasteiger partial charge is 0.135 e. The quantitative estimate of drug-likeness (QED) is 0.436. The molecule has 1 fully saturated rings. The maximum atomic E-state index is 10.9. The molecule has 5 rings (SSSR count). The molecule has 1 heterocycles. The Bertz CT molecular complexity index is 1150. The van der Waals surface area contributed by atoms with Gasteiger partial charge in [0.15, 0.2) is 0 Å². The van der Waals surface area contributed by atoms with Crippen LogP contribution in [0, 0.1) is 0 Å². The van der Waals surface area contributed by atoms with Gasteiger partial charge in [-0.15, -0.1) is 0 Å². The van der Waals surface area contributed by atoms with E-state index >= 15 is 0 Å². The zero-order valence-corrected chi connectivity index (χ0v) is 13.6. The number of hydrogen-bond acceptors (Lipinski definition) is 5. The molecule has 5 nitrogen and oxygen atoms in total. The molecule has 25 heavy (non-hydrogen) atoms. The van der Waals surface area contributed by atoms with E-state index in [1.165, 1.54) is 0 Å². The number of rotatable bonds is 0. The Morgan fingerprint density at radius 1 is 0.800 bits per heavy atom. The molecule has 0 radical (unpaired) electrons. The van der Waals surface area contributed by atoms with Crippen LogP contribution in [0.15, 0.2) is 40.3 Å². The van der Waals surface area contributed by atoms with E-state index in [9.17, 15) is 15.3 Å². The van der Waals surface area contributed by atoms with E-state index in [1.54, 1.807) is 30.3 Å². The number of benzene rings is 3. The van der Waals surface area contributed by atoms with Crippen LogP contribution in [0.5, 0.6) is 17.2 Å². The maximum absolute atomic E-state index is 10.9. The van der Waals surface area contributed by atoms with Crippen molar-refractivity contribution in [2.24, 2.45) is 9.98 Å². The highest BCUT2D eigenvalue weighted by molar-refractivity contribution is 6.12. The molecule has 0 aromatic heterocycles. The molecule has 3 N–H and O–H groups in total. The van der Waals surface area contributed by atoms with Crippen LogP contribution in [0.25, 0.3) is 21.5 Å². The van der Waals surface area contributed by atoms with Crippen LogP contribution in [-0.2, 0) is 0 Å². The van der Waals surface area contributed by atoms with Crippen molar-refractivity contribution in [1.82, 2.24) is 0 Å². The average Bonchev–Trinajstić information content (AvgIpc) is 2.64. The van der Waals surface area contributed by atoms with Gasteiger partial charge in [0.1, 0.15) is 17.2 Å². The summed E-state index contributed by atoms with van der Waals surface area (Å²) in [6.07, 6.45) is 4.26. The van der Waals surface area contributed by atoms with Crippen LogP contribution >= 0.6 is 0 Å². The zero-order chi connectivity index (χ0) is 17.1. The minimum atomic E-state index is -0.0829. The van der Waals surface area contributed by atoms with Crippen LogP contribution in [0.2, 0.25) is 0 Å². The number of phenols is 3. The summed E-state index contributed by atoms with van der Waals surface area (Å²) in [6.45, 7) is 0. The van der Waals surface area contributed by atoms with Crippen molar-refractivity contribution < 1.29 is 15.3 Å². The topological polar surface area (TPSA) is 85.4 Å². The summed E-state index contributed by atoms with van der Waals surface area (Å²) in [5, 5.41) is 35.0. The van der Waals surface area contributed by atoms with E-state index in [0.717, 1.165) is 25.7 Å². The average molecular weight is 334 g/mol. The lowest BCUT2D eigenvalue weighted by molar-refractivity contribution is 0.369. The minimum absolute atomic E-state index is 0.0313. The Kier molecular flexibility index (Phi) is 2.95. The lowest BCUT2D eigenvalue weighted by Gasteiger charge is -2.28. The van der Waals surface area contributed by atoms with Gasteiger partial charge < -0.3 is 15.3 Å². The largest absolute Gasteiger partial charge is 0.507 e. The van der Waals surface area contributed by atoms with E-state index in [0.29, 0.717) is 26.9 Å². The minimum Gasteiger partial charge on any atom is -0.507 e. The normalized spacial score (nSPS) is 22.1. The van der Waals surface area contributed by atoms with Crippen molar-refractivity contribution in [3.05, 3.63) is 41.0 Å². The molecule has 1 saturated carbocycles. The fourth-order valence-electron chi connectivity index (χ4n) is 4.25. The van der Waals surface area contributed by atoms with Gasteiger partial charge >= 0.3 is 0 Å². The van der Waals surface area contributed by atoms with E-state index in [-0.39, 0.29) is 34.7 Å². The van der Waals surface area contributed by atoms with Crippen molar-refractivity contribution in [3.63, 3.8) is 0 Å². The molecule has 3 aromatic carbocycles. The number of hydrogen-bond donors (Lipinski definition) is 3. The highest BCUT2D eigenvalue weighted by atomic mass is 16.3. The molecule has 2 atom stereocenters. The molecule has 2 aliphatic rings. The Morgan fingerprint density at radius 3 is 2.08 bits per heavy atom. The van der Waals surface area contributed by atoms with E-state index in [4.69, 9.17) is 9.98 Å². The molecule has 0 amide bonds. The first-order valence-corrected chi connectivity index (χ1v) is 8.69. The number of aromatic hydroxyl groups is 3. The summed E-state index contributed by atoms with van der Waals surface area (Å²) in [6, 6.07) is 8.89. The second kappa shape index (κ2) is 5.09. The van der Waals surface area contributed by atoms with Gasteiger partial charge in [0.25, 0.3) is 0 Å². The summed E-state index contributed by atoms with van der Waals surface area (Å²) >= 11 is 0. The summed E-state index contributed by atoms with van der Waals surface area (Å²) in [5.41, 5.74) is 0. The number of phenolic OH excluding ortho intramolecular Hbond substituents is 3. The third-order valence-electron chi connectivity index (χ3n) is 5.46. The number of fused-ring (bicyclic) bond motifs is 5. The lowest BCUT2D eigenvalue weighted by Crippen LogP contribution is -2.41. The van der Waals surface area contributed by atoms with Crippen LogP contribution in [-0.4, -0.2) is 27.4 Å². The standard InChI is InChI=1S/C20H18N2O3/c23-15-9-14-18(22-13-8-4-3-7-12(13)21-14)17-16(15)19(24)10-5-1-2-6-11(10)20(17)25/h1-2,5-6,9,12-13,23-25H,3-4,7-8H2/t12-,13-/m1/s1. The fourth-order valence-corrected chi connectivity index (χ4v) is 4.25. The van der Waals surface area contributed by atoms with Crippen LogP contribution in [0.4, 0.5) is 0 Å². The molecular formula is C20H18N2O3. The van der Waals surface area contributed by atoms with E-state index in [1.807, 2.05) is 0 Å². The van der Waals surface area contributed by atoms with Gasteiger partial charge in [-0.05, 0) is 12.8 Å². The monoisotopic (exact) mass is 334 g/mol. The molecule has 3 aromatic rings. The molecule has 1 aliphatic carbocycles. The Labute approximate surface area is 143 Å². The Morgan fingerprint density at radius 2 is 1.40 bits per heavy atom. The maximum Gasteiger partial charge on any atom is 0.135 e. The SMILES string of the molecule is Oc1cc2c(c3c(O)c4ccccc4c(O)c13)=N[C@@H]1CCCC[C@H]1N=2. The van der Waals surface area contributed by atoms with Crippen LogP contribution in [0.3, 0.4) is 0 Å². The zero-order valence-electron chi connectivity index (χ0n) is 13.6. The van der Waals surface area contributed by atoms with E-state index in [2.05, 4.69) is 0 Å². The fraction of sp³-hybridized carbons (Fsp3) is 0.300. The summed E-state index contributed by atoms with van der Waals surface area (Å²) in [4.78, 5) is 9.65. The lowest BCUT2D eigenvalue weighted by atomic mass is 9.90. The van der Waals surface area contributed by atoms with E-state index < -0.39 is 0 Å². The van der Waals surface area contributed by atoms with Gasteiger partial charge in [0.05, 0.1) is 33.6 Å². The Balaban J connectivity index is 2.00. The number of nitrogens with zero attached hydrogens (tertiary/aromatic N) is 2. The third kappa shape index (κ3) is 1.95. The molecule has 0 unspecified atom stereocenters. The highest BCUT2D eigenvalue weighted by Gasteiger charge is 2.28. The molecule has 0 bridgehead atoms.